The molecule has 8 heteroatoms. The molecule has 0 spiro atoms. The first-order valence-electron chi connectivity index (χ1n) is 23.7. The fraction of sp³-hybridized carbons (Fsp3) is 0.328. The van der Waals surface area contributed by atoms with Gasteiger partial charge in [-0.3, -0.25) is 4.98 Å². The summed E-state index contributed by atoms with van der Waals surface area (Å²) < 4.78 is 26.3. The van der Waals surface area contributed by atoms with Gasteiger partial charge in [-0.15, -0.1) is 54.1 Å². The largest absolute Gasteiger partial charge is 0.501 e. The molecule has 0 fully saturated rings. The minimum Gasteiger partial charge on any atom is -0.501 e. The SMILES string of the molecule is CC(C)c1cccc(C(C)C)c1-n1c(-c2[c-]cccc2)nc2ccccc21.[2H]C([2H])(c1ccnc(-c2[c-]ccc3c2oc2cc(-c4nc(C(C)(C)C)nc(C(C)(C)C)n4)ccc23)c1)C(C)(C)C.[Ir]. The number of aromatic nitrogens is 6. The van der Waals surface area contributed by atoms with E-state index >= 15 is 0 Å². The van der Waals surface area contributed by atoms with Crippen LogP contribution in [0.5, 0.6) is 0 Å². The zero-order valence-corrected chi connectivity index (χ0v) is 42.9. The van der Waals surface area contributed by atoms with Gasteiger partial charge in [-0.25, -0.2) is 15.0 Å². The van der Waals surface area contributed by atoms with E-state index in [1.807, 2.05) is 75.4 Å². The van der Waals surface area contributed by atoms with Gasteiger partial charge in [-0.2, -0.15) is 0 Å². The van der Waals surface area contributed by atoms with Crippen molar-refractivity contribution in [2.75, 3.05) is 0 Å². The van der Waals surface area contributed by atoms with Crippen LogP contribution in [0, 0.1) is 17.5 Å². The number of benzene rings is 5. The van der Waals surface area contributed by atoms with Crippen LogP contribution in [0.4, 0.5) is 0 Å². The maximum atomic E-state index is 8.73. The van der Waals surface area contributed by atoms with Gasteiger partial charge in [-0.05, 0) is 64.7 Å². The van der Waals surface area contributed by atoms with Crippen LogP contribution in [0.2, 0.25) is 0 Å². The molecule has 7 nitrogen and oxygen atoms in total. The maximum Gasteiger partial charge on any atom is 0.163 e. The van der Waals surface area contributed by atoms with Gasteiger partial charge in [0.25, 0.3) is 0 Å². The Hall–Kier alpha value is -5.82. The minimum absolute atomic E-state index is 0. The van der Waals surface area contributed by atoms with Gasteiger partial charge >= 0.3 is 0 Å². The van der Waals surface area contributed by atoms with Crippen LogP contribution >= 0.6 is 0 Å². The average molecular weight is 1050 g/mol. The van der Waals surface area contributed by atoms with Crippen LogP contribution in [0.15, 0.2) is 120 Å². The molecule has 66 heavy (non-hydrogen) atoms. The molecule has 0 bridgehead atoms. The van der Waals surface area contributed by atoms with Crippen LogP contribution in [-0.4, -0.2) is 29.5 Å². The normalized spacial score (nSPS) is 12.9. The van der Waals surface area contributed by atoms with Crippen molar-refractivity contribution in [3.05, 3.63) is 156 Å². The molecule has 0 amide bonds. The zero-order valence-electron chi connectivity index (χ0n) is 42.5. The number of furan rings is 1. The number of nitrogens with zero attached hydrogens (tertiary/aromatic N) is 6. The number of hydrogen-bond donors (Lipinski definition) is 0. The maximum absolute atomic E-state index is 8.73. The van der Waals surface area contributed by atoms with E-state index in [4.69, 9.17) is 27.1 Å². The van der Waals surface area contributed by atoms with E-state index in [0.717, 1.165) is 50.4 Å². The van der Waals surface area contributed by atoms with E-state index < -0.39 is 11.8 Å². The molecule has 341 valence electrons. The summed E-state index contributed by atoms with van der Waals surface area (Å²) in [5.41, 5.74) is 10.2. The van der Waals surface area contributed by atoms with E-state index in [1.54, 1.807) is 12.3 Å². The topological polar surface area (TPSA) is 82.5 Å². The van der Waals surface area contributed by atoms with Gasteiger partial charge < -0.3 is 14.0 Å². The summed E-state index contributed by atoms with van der Waals surface area (Å²) in [6.45, 7) is 27.4. The summed E-state index contributed by atoms with van der Waals surface area (Å²) >= 11 is 0. The molecule has 0 aliphatic carbocycles. The third-order valence-electron chi connectivity index (χ3n) is 11.3. The second-order valence-electron chi connectivity index (χ2n) is 20.6. The molecule has 0 unspecified atom stereocenters. The van der Waals surface area contributed by atoms with Crippen LogP contribution < -0.4 is 0 Å². The van der Waals surface area contributed by atoms with Crippen molar-refractivity contribution < 1.29 is 27.3 Å². The Balaban J connectivity index is 0.000000213. The van der Waals surface area contributed by atoms with Crippen LogP contribution in [0.1, 0.15) is 133 Å². The van der Waals surface area contributed by atoms with E-state index in [9.17, 15) is 0 Å². The van der Waals surface area contributed by atoms with Gasteiger partial charge in [0.05, 0.1) is 22.4 Å². The second-order valence-corrected chi connectivity index (χ2v) is 20.6. The number of rotatable bonds is 7. The number of pyridine rings is 1. The molecule has 0 aliphatic heterocycles. The van der Waals surface area contributed by atoms with Crippen molar-refractivity contribution >= 4 is 33.0 Å². The fourth-order valence-electron chi connectivity index (χ4n) is 8.06. The van der Waals surface area contributed by atoms with Crippen molar-refractivity contribution in [2.45, 2.75) is 119 Å². The van der Waals surface area contributed by atoms with Crippen LogP contribution in [-0.2, 0) is 37.3 Å². The van der Waals surface area contributed by atoms with Crippen molar-refractivity contribution in [3.63, 3.8) is 0 Å². The molecule has 0 N–H and O–H groups in total. The molecule has 5 aromatic carbocycles. The van der Waals surface area contributed by atoms with Gasteiger partial charge in [0, 0.05) is 56.5 Å². The molecular weight excluding hydrogens is 989 g/mol. The first kappa shape index (κ1) is 45.3. The molecule has 9 aromatic rings. The molecule has 9 rings (SSSR count). The fourth-order valence-corrected chi connectivity index (χ4v) is 8.06. The predicted octanol–water partition coefficient (Wildman–Crippen LogP) is 15.2. The monoisotopic (exact) mass is 1050 g/mol. The number of para-hydroxylation sites is 3. The van der Waals surface area contributed by atoms with Gasteiger partial charge in [0.15, 0.2) is 5.82 Å². The Labute approximate surface area is 407 Å². The first-order valence-corrected chi connectivity index (χ1v) is 22.7. The van der Waals surface area contributed by atoms with Crippen molar-refractivity contribution in [2.24, 2.45) is 5.41 Å². The Morgan fingerprint density at radius 3 is 1.95 bits per heavy atom. The molecule has 0 atom stereocenters. The van der Waals surface area contributed by atoms with Gasteiger partial charge in [0.2, 0.25) is 0 Å². The van der Waals surface area contributed by atoms with Crippen molar-refractivity contribution in [3.8, 4) is 39.7 Å². The van der Waals surface area contributed by atoms with E-state index in [1.165, 1.54) is 16.8 Å². The van der Waals surface area contributed by atoms with Crippen molar-refractivity contribution in [1.82, 2.24) is 29.5 Å². The van der Waals surface area contributed by atoms with E-state index in [-0.39, 0.29) is 30.9 Å². The molecule has 0 aliphatic rings. The molecule has 4 heterocycles. The first-order chi connectivity index (χ1) is 31.5. The van der Waals surface area contributed by atoms with E-state index in [0.29, 0.717) is 45.6 Å². The Morgan fingerprint density at radius 2 is 1.33 bits per heavy atom. The molecule has 0 saturated heterocycles. The Kier molecular flexibility index (Phi) is 12.9. The summed E-state index contributed by atoms with van der Waals surface area (Å²) in [5, 5.41) is 1.92. The zero-order chi connectivity index (χ0) is 48.2. The molecule has 0 saturated carbocycles. The Bertz CT molecular complexity index is 3180. The Morgan fingerprint density at radius 1 is 0.667 bits per heavy atom. The molecule has 1 radical (unpaired) electrons. The van der Waals surface area contributed by atoms with Crippen LogP contribution in [0.3, 0.4) is 0 Å². The predicted molar refractivity (Wildman–Crippen MR) is 269 cm³/mol. The summed E-state index contributed by atoms with van der Waals surface area (Å²) in [6, 6.07) is 43.3. The molecule has 4 aromatic heterocycles. The minimum atomic E-state index is -1.54. The summed E-state index contributed by atoms with van der Waals surface area (Å²) in [4.78, 5) is 24.1. The summed E-state index contributed by atoms with van der Waals surface area (Å²) in [7, 11) is 0. The quantitative estimate of drug-likeness (QED) is 0.148. The number of fused-ring (bicyclic) bond motifs is 4. The third-order valence-corrected chi connectivity index (χ3v) is 11.3. The third kappa shape index (κ3) is 10.1. The van der Waals surface area contributed by atoms with E-state index in [2.05, 4.69) is 139 Å². The van der Waals surface area contributed by atoms with Gasteiger partial charge in [-0.1, -0.05) is 155 Å². The summed E-state index contributed by atoms with van der Waals surface area (Å²) in [6.07, 6.45) is 0.117. The standard InChI is InChI=1S/C33H37N4O.C25H25N2.Ir/c1-31(2,3)19-20-15-16-34-25(17-20)24-12-10-11-23-22-14-13-21(18-26(22)38-27(23)24)28-35-29(32(4,5)6)37-30(36-28)33(7,8)9;1-17(2)20-13-10-14-21(18(3)4)24(20)27-23-16-9-8-15-22(23)26-25(27)19-11-6-5-7-12-19;/h10-11,13-18H,19H2,1-9H3;5-11,13-18H,1-4H3;/q2*-1;/i19D2;;. The van der Waals surface area contributed by atoms with Crippen molar-refractivity contribution in [1.29, 1.82) is 0 Å². The number of hydrogen-bond acceptors (Lipinski definition) is 6. The average Bonchev–Trinajstić information content (AvgIpc) is 3.87. The summed E-state index contributed by atoms with van der Waals surface area (Å²) in [5.74, 6) is 3.93. The van der Waals surface area contributed by atoms with Gasteiger partial charge in [0.1, 0.15) is 17.2 Å². The molecular formula is C58H62IrN6O-2. The number of imidazole rings is 1. The second kappa shape index (κ2) is 18.8. The smallest absolute Gasteiger partial charge is 0.163 e. The van der Waals surface area contributed by atoms with Crippen LogP contribution in [0.25, 0.3) is 72.7 Å².